The summed E-state index contributed by atoms with van der Waals surface area (Å²) >= 11 is 0. The molecule has 122 valence electrons. The minimum Gasteiger partial charge on any atom is -0.444 e. The summed E-state index contributed by atoms with van der Waals surface area (Å²) in [5.41, 5.74) is -0.438. The highest BCUT2D eigenvalue weighted by Gasteiger charge is 2.18. The molecule has 0 aliphatic heterocycles. The second-order valence-corrected chi connectivity index (χ2v) is 6.93. The third-order valence-electron chi connectivity index (χ3n) is 3.60. The highest BCUT2D eigenvalue weighted by molar-refractivity contribution is 5.67. The van der Waals surface area contributed by atoms with Gasteiger partial charge < -0.3 is 15.4 Å². The average Bonchev–Trinajstić information content (AvgIpc) is 2.41. The van der Waals surface area contributed by atoms with Crippen molar-refractivity contribution in [3.63, 3.8) is 0 Å². The largest absolute Gasteiger partial charge is 0.444 e. The molecular weight excluding hydrogens is 264 g/mol. The fourth-order valence-electron chi connectivity index (χ4n) is 2.52. The molecule has 1 amide bonds. The van der Waals surface area contributed by atoms with Crippen molar-refractivity contribution in [2.75, 3.05) is 13.1 Å². The van der Waals surface area contributed by atoms with Gasteiger partial charge in [0.15, 0.2) is 0 Å². The smallest absolute Gasteiger partial charge is 0.407 e. The van der Waals surface area contributed by atoms with Gasteiger partial charge in [0, 0.05) is 12.6 Å². The first-order valence-corrected chi connectivity index (χ1v) is 8.26. The first-order valence-electron chi connectivity index (χ1n) is 8.26. The Bertz CT molecular complexity index is 334. The van der Waals surface area contributed by atoms with Gasteiger partial charge >= 0.3 is 6.09 Å². The molecule has 1 aliphatic carbocycles. The van der Waals surface area contributed by atoms with Crippen molar-refractivity contribution in [3.05, 3.63) is 12.2 Å². The van der Waals surface area contributed by atoms with E-state index < -0.39 is 5.60 Å². The SMILES string of the molecule is CCCC(CNC(=O)OC(C)(C)C)NCC1CC=CCC1. The normalized spacial score (nSPS) is 20.1. The Morgan fingerprint density at radius 3 is 2.71 bits per heavy atom. The lowest BCUT2D eigenvalue weighted by atomic mass is 9.94. The van der Waals surface area contributed by atoms with Crippen molar-refractivity contribution >= 4 is 6.09 Å². The summed E-state index contributed by atoms with van der Waals surface area (Å²) < 4.78 is 5.27. The van der Waals surface area contributed by atoms with Gasteiger partial charge in [0.25, 0.3) is 0 Å². The molecule has 0 saturated carbocycles. The zero-order valence-corrected chi connectivity index (χ0v) is 14.1. The third kappa shape index (κ3) is 8.76. The summed E-state index contributed by atoms with van der Waals surface area (Å²) in [5, 5.41) is 6.48. The Kier molecular flexibility index (Phi) is 7.79. The van der Waals surface area contributed by atoms with Gasteiger partial charge in [-0.15, -0.1) is 0 Å². The maximum absolute atomic E-state index is 11.7. The number of alkyl carbamates (subject to hydrolysis) is 1. The van der Waals surface area contributed by atoms with Crippen LogP contribution in [-0.2, 0) is 4.74 Å². The molecule has 0 radical (unpaired) electrons. The van der Waals surface area contributed by atoms with Gasteiger partial charge in [-0.3, -0.25) is 0 Å². The summed E-state index contributed by atoms with van der Waals surface area (Å²) in [7, 11) is 0. The topological polar surface area (TPSA) is 50.4 Å². The van der Waals surface area contributed by atoms with E-state index in [0.29, 0.717) is 12.6 Å². The number of carbonyl (C=O) groups excluding carboxylic acids is 1. The standard InChI is InChI=1S/C17H32N2O2/c1-5-9-15(13-19-16(20)21-17(2,3)4)18-12-14-10-7-6-8-11-14/h6-7,14-15,18H,5,8-13H2,1-4H3,(H,19,20). The molecule has 4 nitrogen and oxygen atoms in total. The highest BCUT2D eigenvalue weighted by atomic mass is 16.6. The van der Waals surface area contributed by atoms with Crippen molar-refractivity contribution in [2.45, 2.75) is 71.4 Å². The van der Waals surface area contributed by atoms with Gasteiger partial charge in [-0.05, 0) is 58.9 Å². The van der Waals surface area contributed by atoms with Crippen LogP contribution in [0.25, 0.3) is 0 Å². The van der Waals surface area contributed by atoms with E-state index >= 15 is 0 Å². The van der Waals surface area contributed by atoms with Crippen LogP contribution >= 0.6 is 0 Å². The Morgan fingerprint density at radius 2 is 2.14 bits per heavy atom. The fourth-order valence-corrected chi connectivity index (χ4v) is 2.52. The van der Waals surface area contributed by atoms with E-state index in [1.165, 1.54) is 19.3 Å². The second kappa shape index (κ2) is 9.08. The summed E-state index contributed by atoms with van der Waals surface area (Å²) in [6.07, 6.45) is 10.0. The second-order valence-electron chi connectivity index (χ2n) is 6.93. The Labute approximate surface area is 129 Å². The minimum absolute atomic E-state index is 0.327. The molecule has 0 bridgehead atoms. The Hall–Kier alpha value is -1.03. The molecule has 0 aromatic heterocycles. The highest BCUT2D eigenvalue weighted by Crippen LogP contribution is 2.17. The molecule has 4 heteroatoms. The molecule has 2 N–H and O–H groups in total. The summed E-state index contributed by atoms with van der Waals surface area (Å²) in [6, 6.07) is 0.327. The number of amides is 1. The number of hydrogen-bond acceptors (Lipinski definition) is 3. The number of carbonyl (C=O) groups is 1. The number of rotatable bonds is 7. The van der Waals surface area contributed by atoms with Crippen LogP contribution in [0.3, 0.4) is 0 Å². The molecule has 0 heterocycles. The zero-order valence-electron chi connectivity index (χ0n) is 14.1. The zero-order chi connectivity index (χ0) is 15.7. The molecule has 0 saturated heterocycles. The first-order chi connectivity index (χ1) is 9.90. The van der Waals surface area contributed by atoms with Gasteiger partial charge in [0.2, 0.25) is 0 Å². The van der Waals surface area contributed by atoms with Crippen LogP contribution in [0.1, 0.15) is 59.8 Å². The summed E-state index contributed by atoms with van der Waals surface area (Å²) in [6.45, 7) is 9.47. The van der Waals surface area contributed by atoms with E-state index in [9.17, 15) is 4.79 Å². The molecular formula is C17H32N2O2. The molecule has 0 fully saturated rings. The minimum atomic E-state index is -0.438. The van der Waals surface area contributed by atoms with Crippen molar-refractivity contribution < 1.29 is 9.53 Å². The Balaban J connectivity index is 2.28. The lowest BCUT2D eigenvalue weighted by molar-refractivity contribution is 0.0521. The quantitative estimate of drug-likeness (QED) is 0.705. The first kappa shape index (κ1) is 18.0. The Morgan fingerprint density at radius 1 is 1.38 bits per heavy atom. The number of allylic oxidation sites excluding steroid dienone is 2. The summed E-state index contributed by atoms with van der Waals surface area (Å²) in [5.74, 6) is 0.732. The summed E-state index contributed by atoms with van der Waals surface area (Å²) in [4.78, 5) is 11.7. The van der Waals surface area contributed by atoms with Crippen LogP contribution in [0.5, 0.6) is 0 Å². The number of hydrogen-bond donors (Lipinski definition) is 2. The van der Waals surface area contributed by atoms with Crippen molar-refractivity contribution in [2.24, 2.45) is 5.92 Å². The maximum atomic E-state index is 11.7. The molecule has 2 unspecified atom stereocenters. The van der Waals surface area contributed by atoms with E-state index in [1.54, 1.807) is 0 Å². The molecule has 1 rings (SSSR count). The molecule has 1 aliphatic rings. The monoisotopic (exact) mass is 296 g/mol. The maximum Gasteiger partial charge on any atom is 0.407 e. The van der Waals surface area contributed by atoms with Gasteiger partial charge in [0.1, 0.15) is 5.60 Å². The van der Waals surface area contributed by atoms with E-state index in [1.807, 2.05) is 20.8 Å². The van der Waals surface area contributed by atoms with Crippen LogP contribution in [0.15, 0.2) is 12.2 Å². The van der Waals surface area contributed by atoms with E-state index in [-0.39, 0.29) is 6.09 Å². The molecule has 0 aromatic rings. The number of ether oxygens (including phenoxy) is 1. The van der Waals surface area contributed by atoms with Crippen LogP contribution in [-0.4, -0.2) is 30.8 Å². The van der Waals surface area contributed by atoms with E-state index in [4.69, 9.17) is 4.74 Å². The fraction of sp³-hybridized carbons (Fsp3) is 0.824. The average molecular weight is 296 g/mol. The van der Waals surface area contributed by atoms with Crippen LogP contribution < -0.4 is 10.6 Å². The number of nitrogens with one attached hydrogen (secondary N) is 2. The van der Waals surface area contributed by atoms with Gasteiger partial charge in [-0.2, -0.15) is 0 Å². The van der Waals surface area contributed by atoms with Gasteiger partial charge in [-0.25, -0.2) is 4.79 Å². The third-order valence-corrected chi connectivity index (χ3v) is 3.60. The van der Waals surface area contributed by atoms with Gasteiger partial charge in [-0.1, -0.05) is 25.5 Å². The van der Waals surface area contributed by atoms with Crippen LogP contribution in [0.4, 0.5) is 4.79 Å². The van der Waals surface area contributed by atoms with Crippen molar-refractivity contribution in [1.29, 1.82) is 0 Å². The lowest BCUT2D eigenvalue weighted by Crippen LogP contribution is -2.44. The molecule has 2 atom stereocenters. The van der Waals surface area contributed by atoms with Crippen molar-refractivity contribution in [1.82, 2.24) is 10.6 Å². The molecule has 0 aromatic carbocycles. The predicted molar refractivity (Wildman–Crippen MR) is 87.4 cm³/mol. The lowest BCUT2D eigenvalue weighted by Gasteiger charge is -2.25. The molecule has 21 heavy (non-hydrogen) atoms. The van der Waals surface area contributed by atoms with Gasteiger partial charge in [0.05, 0.1) is 0 Å². The molecule has 0 spiro atoms. The van der Waals surface area contributed by atoms with Crippen LogP contribution in [0, 0.1) is 5.92 Å². The van der Waals surface area contributed by atoms with E-state index in [2.05, 4.69) is 29.7 Å². The van der Waals surface area contributed by atoms with E-state index in [0.717, 1.165) is 25.3 Å². The van der Waals surface area contributed by atoms with Crippen LogP contribution in [0.2, 0.25) is 0 Å². The predicted octanol–water partition coefficient (Wildman–Crippen LogP) is 3.63. The van der Waals surface area contributed by atoms with Crippen molar-refractivity contribution in [3.8, 4) is 0 Å².